The number of hydrogen-bond acceptors (Lipinski definition) is 7. The second-order valence-electron chi connectivity index (χ2n) is 11.1. The van der Waals surface area contributed by atoms with Crippen molar-refractivity contribution in [3.63, 3.8) is 0 Å². The van der Waals surface area contributed by atoms with Crippen LogP contribution in [0.25, 0.3) is 16.9 Å². The van der Waals surface area contributed by atoms with E-state index in [9.17, 15) is 4.79 Å². The van der Waals surface area contributed by atoms with Crippen LogP contribution in [0.1, 0.15) is 57.6 Å². The number of hydrogen-bond donors (Lipinski definition) is 1. The van der Waals surface area contributed by atoms with E-state index in [1.807, 2.05) is 19.9 Å². The average molecular weight is 487 g/mol. The minimum absolute atomic E-state index is 0.0995. The molecule has 0 spiro atoms. The van der Waals surface area contributed by atoms with Crippen LogP contribution < -0.4 is 10.9 Å². The number of nitrogens with zero attached hydrogens (tertiary/aromatic N) is 7. The van der Waals surface area contributed by atoms with Crippen molar-refractivity contribution in [2.45, 2.75) is 65.0 Å². The minimum Gasteiger partial charge on any atom is -0.324 e. The molecule has 1 unspecified atom stereocenters. The molecule has 0 radical (unpaired) electrons. The van der Waals surface area contributed by atoms with Crippen LogP contribution in [0, 0.1) is 0 Å². The molecule has 0 saturated heterocycles. The van der Waals surface area contributed by atoms with Gasteiger partial charge in [0.2, 0.25) is 5.95 Å². The molecule has 188 valence electrons. The van der Waals surface area contributed by atoms with E-state index in [2.05, 4.69) is 73.3 Å². The predicted octanol–water partition coefficient (Wildman–Crippen LogP) is 4.02. The van der Waals surface area contributed by atoms with Gasteiger partial charge in [0.1, 0.15) is 11.2 Å². The molecule has 9 nitrogen and oxygen atoms in total. The number of fused-ring (bicyclic) bond motifs is 2. The molecule has 1 aliphatic rings. The second-order valence-corrected chi connectivity index (χ2v) is 11.1. The number of rotatable bonds is 5. The van der Waals surface area contributed by atoms with Crippen molar-refractivity contribution in [3.05, 3.63) is 64.0 Å². The van der Waals surface area contributed by atoms with Gasteiger partial charge in [-0.2, -0.15) is 4.98 Å². The molecule has 1 aliphatic carbocycles. The topological polar surface area (TPSA) is 93.8 Å². The molecule has 0 amide bonds. The summed E-state index contributed by atoms with van der Waals surface area (Å²) in [7, 11) is 4.26. The van der Waals surface area contributed by atoms with Gasteiger partial charge in [-0.15, -0.1) is 0 Å². The van der Waals surface area contributed by atoms with Crippen LogP contribution in [0.3, 0.4) is 0 Å². The Kier molecular flexibility index (Phi) is 5.90. The van der Waals surface area contributed by atoms with Crippen molar-refractivity contribution in [1.29, 1.82) is 0 Å². The quantitative estimate of drug-likeness (QED) is 0.455. The van der Waals surface area contributed by atoms with Gasteiger partial charge < -0.3 is 10.2 Å². The zero-order chi connectivity index (χ0) is 25.8. The van der Waals surface area contributed by atoms with E-state index in [4.69, 9.17) is 9.97 Å². The maximum absolute atomic E-state index is 13.3. The highest BCUT2D eigenvalue weighted by Crippen LogP contribution is 2.28. The smallest absolute Gasteiger partial charge is 0.278 e. The SMILES string of the molecule is CC(C)n1c(=O)c2cnc(Nc3ccc4c(c3)CC(N(C)C)C4)nc2n1-c1ccnc(C(C)(C)C)n1. The number of nitrogens with one attached hydrogen (secondary N) is 1. The fourth-order valence-electron chi connectivity index (χ4n) is 4.74. The number of anilines is 2. The third-order valence-electron chi connectivity index (χ3n) is 6.74. The van der Waals surface area contributed by atoms with Gasteiger partial charge in [-0.3, -0.25) is 4.79 Å². The fourth-order valence-corrected chi connectivity index (χ4v) is 4.74. The van der Waals surface area contributed by atoms with Crippen molar-refractivity contribution in [2.24, 2.45) is 0 Å². The summed E-state index contributed by atoms with van der Waals surface area (Å²) < 4.78 is 3.46. The summed E-state index contributed by atoms with van der Waals surface area (Å²) >= 11 is 0. The first kappa shape index (κ1) is 24.1. The monoisotopic (exact) mass is 486 g/mol. The maximum atomic E-state index is 13.3. The molecular formula is C27H34N8O. The van der Waals surface area contributed by atoms with Gasteiger partial charge in [0.25, 0.3) is 5.56 Å². The largest absolute Gasteiger partial charge is 0.324 e. The van der Waals surface area contributed by atoms with Gasteiger partial charge >= 0.3 is 0 Å². The fraction of sp³-hybridized carbons (Fsp3) is 0.444. The zero-order valence-electron chi connectivity index (χ0n) is 22.1. The van der Waals surface area contributed by atoms with E-state index < -0.39 is 0 Å². The first-order valence-electron chi connectivity index (χ1n) is 12.4. The second kappa shape index (κ2) is 8.81. The Hall–Kier alpha value is -3.59. The van der Waals surface area contributed by atoms with Crippen LogP contribution >= 0.6 is 0 Å². The summed E-state index contributed by atoms with van der Waals surface area (Å²) in [6, 6.07) is 8.66. The van der Waals surface area contributed by atoms with E-state index in [1.54, 1.807) is 21.8 Å². The Morgan fingerprint density at radius 1 is 1.06 bits per heavy atom. The highest BCUT2D eigenvalue weighted by molar-refractivity contribution is 5.77. The lowest BCUT2D eigenvalue weighted by atomic mass is 9.96. The van der Waals surface area contributed by atoms with Crippen LogP contribution in [0.4, 0.5) is 11.6 Å². The molecule has 3 aromatic heterocycles. The van der Waals surface area contributed by atoms with Crippen molar-refractivity contribution in [1.82, 2.24) is 34.2 Å². The average Bonchev–Trinajstić information content (AvgIpc) is 3.37. The predicted molar refractivity (Wildman–Crippen MR) is 142 cm³/mol. The van der Waals surface area contributed by atoms with Crippen LogP contribution in [0.5, 0.6) is 0 Å². The molecule has 1 atom stereocenters. The van der Waals surface area contributed by atoms with Crippen LogP contribution in [-0.4, -0.2) is 54.3 Å². The van der Waals surface area contributed by atoms with E-state index >= 15 is 0 Å². The molecule has 0 saturated carbocycles. The Morgan fingerprint density at radius 3 is 2.50 bits per heavy atom. The lowest BCUT2D eigenvalue weighted by Gasteiger charge is -2.19. The van der Waals surface area contributed by atoms with Gasteiger partial charge in [0, 0.05) is 41.6 Å². The first-order valence-corrected chi connectivity index (χ1v) is 12.4. The van der Waals surface area contributed by atoms with Gasteiger partial charge in [0.15, 0.2) is 11.5 Å². The molecule has 5 rings (SSSR count). The molecular weight excluding hydrogens is 452 g/mol. The summed E-state index contributed by atoms with van der Waals surface area (Å²) in [6.07, 6.45) is 5.42. The van der Waals surface area contributed by atoms with Crippen LogP contribution in [0.15, 0.2) is 41.5 Å². The standard InChI is InChI=1S/C27H34N8O/c1-16(2)34-24(36)21-15-29-26(30-19-9-8-17-13-20(33(6)7)14-18(17)12-19)32-23(21)35(34)22-10-11-28-25(31-22)27(3,4)5/h8-12,15-16,20H,13-14H2,1-7H3,(H,29,30,32). The van der Waals surface area contributed by atoms with Gasteiger partial charge in [0.05, 0.1) is 0 Å². The Labute approximate surface area is 211 Å². The molecule has 3 heterocycles. The molecule has 0 fully saturated rings. The van der Waals surface area contributed by atoms with E-state index in [-0.39, 0.29) is 17.0 Å². The molecule has 4 aromatic rings. The van der Waals surface area contributed by atoms with Crippen molar-refractivity contribution in [3.8, 4) is 5.82 Å². The molecule has 0 bridgehead atoms. The van der Waals surface area contributed by atoms with Gasteiger partial charge in [-0.05, 0) is 64.0 Å². The van der Waals surface area contributed by atoms with Crippen LogP contribution in [0.2, 0.25) is 0 Å². The summed E-state index contributed by atoms with van der Waals surface area (Å²) in [5.74, 6) is 1.74. The van der Waals surface area contributed by atoms with Crippen molar-refractivity contribution >= 4 is 22.7 Å². The molecule has 36 heavy (non-hydrogen) atoms. The van der Waals surface area contributed by atoms with Crippen molar-refractivity contribution in [2.75, 3.05) is 19.4 Å². The van der Waals surface area contributed by atoms with E-state index in [0.29, 0.717) is 34.7 Å². The maximum Gasteiger partial charge on any atom is 0.278 e. The summed E-state index contributed by atoms with van der Waals surface area (Å²) in [4.78, 5) is 34.1. The number of aromatic nitrogens is 6. The Balaban J connectivity index is 1.58. The molecule has 1 N–H and O–H groups in total. The lowest BCUT2D eigenvalue weighted by molar-refractivity contribution is 0.303. The Morgan fingerprint density at radius 2 is 1.81 bits per heavy atom. The Bertz CT molecular complexity index is 1490. The third kappa shape index (κ3) is 4.28. The van der Waals surface area contributed by atoms with Crippen molar-refractivity contribution < 1.29 is 0 Å². The molecule has 0 aliphatic heterocycles. The molecule has 9 heteroatoms. The zero-order valence-corrected chi connectivity index (χ0v) is 22.1. The highest BCUT2D eigenvalue weighted by atomic mass is 16.1. The van der Waals surface area contributed by atoms with Gasteiger partial charge in [-0.25, -0.2) is 24.3 Å². The van der Waals surface area contributed by atoms with E-state index in [1.165, 1.54) is 11.1 Å². The van der Waals surface area contributed by atoms with Gasteiger partial charge in [-0.1, -0.05) is 26.8 Å². The summed E-state index contributed by atoms with van der Waals surface area (Å²) in [5.41, 5.74) is 3.80. The molecule has 1 aromatic carbocycles. The van der Waals surface area contributed by atoms with E-state index in [0.717, 1.165) is 18.5 Å². The first-order chi connectivity index (χ1) is 17.0. The lowest BCUT2D eigenvalue weighted by Crippen LogP contribution is -2.27. The number of benzene rings is 1. The highest BCUT2D eigenvalue weighted by Gasteiger charge is 2.24. The van der Waals surface area contributed by atoms with Crippen LogP contribution in [-0.2, 0) is 18.3 Å². The number of likely N-dealkylation sites (N-methyl/N-ethyl adjacent to an activating group) is 1. The summed E-state index contributed by atoms with van der Waals surface area (Å²) in [5, 5.41) is 3.80. The normalized spacial score (nSPS) is 15.8. The summed E-state index contributed by atoms with van der Waals surface area (Å²) in [6.45, 7) is 10.1. The third-order valence-corrected chi connectivity index (χ3v) is 6.74. The minimum atomic E-state index is -0.233.